The monoisotopic (exact) mass is 269 g/mol. The molecule has 1 rings (SSSR count). The van der Waals surface area contributed by atoms with Crippen molar-refractivity contribution in [2.24, 2.45) is 5.92 Å². The number of hydrogen-bond donors (Lipinski definition) is 1. The van der Waals surface area contributed by atoms with Crippen LogP contribution in [-0.4, -0.2) is 48.3 Å². The number of hydrogen-bond acceptors (Lipinski definition) is 4. The lowest BCUT2D eigenvalue weighted by atomic mass is 9.90. The third-order valence-electron chi connectivity index (χ3n) is 4.12. The molecule has 0 bridgehead atoms. The number of allylic oxidation sites excluding steroid dienone is 1. The van der Waals surface area contributed by atoms with Gasteiger partial charge in [-0.2, -0.15) is 0 Å². The van der Waals surface area contributed by atoms with Crippen LogP contribution >= 0.6 is 0 Å². The summed E-state index contributed by atoms with van der Waals surface area (Å²) in [7, 11) is 1.32. The highest BCUT2D eigenvalue weighted by Crippen LogP contribution is 2.24. The minimum atomic E-state index is -0.955. The summed E-state index contributed by atoms with van der Waals surface area (Å²) in [4.78, 5) is 13.8. The molecule has 1 saturated heterocycles. The molecule has 0 saturated carbocycles. The van der Waals surface area contributed by atoms with Crippen molar-refractivity contribution in [1.29, 1.82) is 0 Å². The zero-order chi connectivity index (χ0) is 14.3. The van der Waals surface area contributed by atoms with Gasteiger partial charge in [0.2, 0.25) is 0 Å². The van der Waals surface area contributed by atoms with Gasteiger partial charge in [-0.1, -0.05) is 6.08 Å². The second-order valence-corrected chi connectivity index (χ2v) is 5.41. The van der Waals surface area contributed by atoms with Crippen molar-refractivity contribution in [1.82, 2.24) is 4.90 Å². The van der Waals surface area contributed by atoms with E-state index in [0.717, 1.165) is 32.4 Å². The molecule has 0 spiro atoms. The Bertz CT molecular complexity index is 285. The average Bonchev–Trinajstić information content (AvgIpc) is 2.46. The number of nitrogens with zero attached hydrogens (tertiary/aromatic N) is 1. The van der Waals surface area contributed by atoms with Crippen LogP contribution in [0.4, 0.5) is 0 Å². The van der Waals surface area contributed by atoms with Gasteiger partial charge in [-0.05, 0) is 58.0 Å². The zero-order valence-electron chi connectivity index (χ0n) is 12.2. The van der Waals surface area contributed by atoms with Crippen LogP contribution in [-0.2, 0) is 9.53 Å². The highest BCUT2D eigenvalue weighted by molar-refractivity contribution is 5.74. The molecule has 0 aromatic carbocycles. The van der Waals surface area contributed by atoms with E-state index >= 15 is 0 Å². The molecular weight excluding hydrogens is 242 g/mol. The molecule has 1 aliphatic rings. The van der Waals surface area contributed by atoms with Crippen molar-refractivity contribution < 1.29 is 14.6 Å². The summed E-state index contributed by atoms with van der Waals surface area (Å²) in [6, 6.07) is 0.566. The number of unbranched alkanes of at least 4 members (excludes halogenated alkanes) is 1. The summed E-state index contributed by atoms with van der Waals surface area (Å²) in [5, 5.41) is 9.84. The summed E-state index contributed by atoms with van der Waals surface area (Å²) in [5.41, 5.74) is 0. The SMILES string of the molecule is C=CCCCC(C)N1CCC(C(O)C(=O)OC)CC1. The lowest BCUT2D eigenvalue weighted by Gasteiger charge is -2.37. The van der Waals surface area contributed by atoms with Crippen molar-refractivity contribution in [2.75, 3.05) is 20.2 Å². The number of rotatable bonds is 7. The number of aliphatic hydroxyl groups is 1. The molecule has 2 unspecified atom stereocenters. The summed E-state index contributed by atoms with van der Waals surface area (Å²) < 4.78 is 4.59. The van der Waals surface area contributed by atoms with Gasteiger partial charge in [-0.3, -0.25) is 0 Å². The standard InChI is InChI=1S/C15H27NO3/c1-4-5-6-7-12(2)16-10-8-13(9-11-16)14(17)15(18)19-3/h4,12-14,17H,1,5-11H2,2-3H3. The molecular formula is C15H27NO3. The number of carbonyl (C=O) groups is 1. The maximum absolute atomic E-state index is 11.3. The van der Waals surface area contributed by atoms with Gasteiger partial charge in [0, 0.05) is 6.04 Å². The van der Waals surface area contributed by atoms with E-state index in [1.165, 1.54) is 20.0 Å². The van der Waals surface area contributed by atoms with Crippen LogP contribution in [0.2, 0.25) is 0 Å². The van der Waals surface area contributed by atoms with E-state index in [1.54, 1.807) is 0 Å². The maximum Gasteiger partial charge on any atom is 0.334 e. The van der Waals surface area contributed by atoms with Gasteiger partial charge in [-0.25, -0.2) is 4.79 Å². The number of piperidine rings is 1. The molecule has 110 valence electrons. The topological polar surface area (TPSA) is 49.8 Å². The van der Waals surface area contributed by atoms with Gasteiger partial charge in [0.15, 0.2) is 6.10 Å². The summed E-state index contributed by atoms with van der Waals surface area (Å²) in [5.74, 6) is -0.457. The summed E-state index contributed by atoms with van der Waals surface area (Å²) >= 11 is 0. The number of carbonyl (C=O) groups excluding carboxylic acids is 1. The Hall–Kier alpha value is -0.870. The van der Waals surface area contributed by atoms with Crippen LogP contribution in [0, 0.1) is 5.92 Å². The second kappa shape index (κ2) is 8.33. The Morgan fingerprint density at radius 1 is 1.53 bits per heavy atom. The Morgan fingerprint density at radius 2 is 2.16 bits per heavy atom. The molecule has 0 aromatic heterocycles. The Morgan fingerprint density at radius 3 is 2.68 bits per heavy atom. The minimum absolute atomic E-state index is 0.0454. The van der Waals surface area contributed by atoms with Crippen molar-refractivity contribution in [2.45, 2.75) is 51.2 Å². The Labute approximate surface area is 116 Å². The van der Waals surface area contributed by atoms with Crippen LogP contribution in [0.3, 0.4) is 0 Å². The predicted octanol–water partition coefficient (Wildman–Crippen LogP) is 1.98. The van der Waals surface area contributed by atoms with Gasteiger partial charge in [0.05, 0.1) is 7.11 Å². The van der Waals surface area contributed by atoms with E-state index in [0.29, 0.717) is 6.04 Å². The predicted molar refractivity (Wildman–Crippen MR) is 75.8 cm³/mol. The van der Waals surface area contributed by atoms with Crippen molar-refractivity contribution in [3.05, 3.63) is 12.7 Å². The van der Waals surface area contributed by atoms with E-state index in [9.17, 15) is 9.90 Å². The summed E-state index contributed by atoms with van der Waals surface area (Å²) in [6.07, 6.45) is 6.16. The molecule has 0 amide bonds. The van der Waals surface area contributed by atoms with Gasteiger partial charge in [0.25, 0.3) is 0 Å². The molecule has 4 heteroatoms. The van der Waals surface area contributed by atoms with Crippen LogP contribution < -0.4 is 0 Å². The highest BCUT2D eigenvalue weighted by Gasteiger charge is 2.31. The van der Waals surface area contributed by atoms with E-state index in [1.807, 2.05) is 6.08 Å². The fraction of sp³-hybridized carbons (Fsp3) is 0.800. The molecule has 0 aromatic rings. The fourth-order valence-electron chi connectivity index (χ4n) is 2.73. The molecule has 0 aliphatic carbocycles. The van der Waals surface area contributed by atoms with E-state index in [-0.39, 0.29) is 5.92 Å². The van der Waals surface area contributed by atoms with Crippen LogP contribution in [0.25, 0.3) is 0 Å². The molecule has 1 aliphatic heterocycles. The van der Waals surface area contributed by atoms with E-state index in [4.69, 9.17) is 0 Å². The molecule has 2 atom stereocenters. The number of methoxy groups -OCH3 is 1. The van der Waals surface area contributed by atoms with Crippen molar-refractivity contribution in [3.63, 3.8) is 0 Å². The van der Waals surface area contributed by atoms with Gasteiger partial charge in [0.1, 0.15) is 0 Å². The second-order valence-electron chi connectivity index (χ2n) is 5.41. The van der Waals surface area contributed by atoms with Crippen molar-refractivity contribution in [3.8, 4) is 0 Å². The largest absolute Gasteiger partial charge is 0.467 e. The third-order valence-corrected chi connectivity index (χ3v) is 4.12. The van der Waals surface area contributed by atoms with Crippen LogP contribution in [0.1, 0.15) is 39.0 Å². The minimum Gasteiger partial charge on any atom is -0.467 e. The normalized spacial score (nSPS) is 20.8. The number of aliphatic hydroxyl groups excluding tert-OH is 1. The lowest BCUT2D eigenvalue weighted by Crippen LogP contribution is -2.44. The smallest absolute Gasteiger partial charge is 0.334 e. The van der Waals surface area contributed by atoms with Gasteiger partial charge in [-0.15, -0.1) is 6.58 Å². The Balaban J connectivity index is 2.31. The first-order chi connectivity index (χ1) is 9.10. The first-order valence-corrected chi connectivity index (χ1v) is 7.21. The van der Waals surface area contributed by atoms with Gasteiger partial charge >= 0.3 is 5.97 Å². The molecule has 1 heterocycles. The quantitative estimate of drug-likeness (QED) is 0.436. The van der Waals surface area contributed by atoms with Gasteiger partial charge < -0.3 is 14.7 Å². The number of likely N-dealkylation sites (tertiary alicyclic amines) is 1. The molecule has 0 radical (unpaired) electrons. The van der Waals surface area contributed by atoms with Crippen LogP contribution in [0.5, 0.6) is 0 Å². The molecule has 1 N–H and O–H groups in total. The zero-order valence-corrected chi connectivity index (χ0v) is 12.2. The first kappa shape index (κ1) is 16.2. The summed E-state index contributed by atoms with van der Waals surface area (Å²) in [6.45, 7) is 7.89. The third kappa shape index (κ3) is 4.96. The lowest BCUT2D eigenvalue weighted by molar-refractivity contribution is -0.154. The van der Waals surface area contributed by atoms with Crippen LogP contribution in [0.15, 0.2) is 12.7 Å². The average molecular weight is 269 g/mol. The fourth-order valence-corrected chi connectivity index (χ4v) is 2.73. The first-order valence-electron chi connectivity index (χ1n) is 7.21. The highest BCUT2D eigenvalue weighted by atomic mass is 16.5. The van der Waals surface area contributed by atoms with E-state index in [2.05, 4.69) is 23.1 Å². The maximum atomic E-state index is 11.3. The number of ether oxygens (including phenoxy) is 1. The number of esters is 1. The molecule has 4 nitrogen and oxygen atoms in total. The molecule has 19 heavy (non-hydrogen) atoms. The molecule has 1 fully saturated rings. The Kier molecular flexibility index (Phi) is 7.10. The van der Waals surface area contributed by atoms with Crippen molar-refractivity contribution >= 4 is 5.97 Å². The van der Waals surface area contributed by atoms with E-state index < -0.39 is 12.1 Å².